The lowest BCUT2D eigenvalue weighted by Gasteiger charge is -2.16. The lowest BCUT2D eigenvalue weighted by Crippen LogP contribution is -2.39. The minimum absolute atomic E-state index is 0.0258. The Morgan fingerprint density at radius 2 is 1.70 bits per heavy atom. The quantitative estimate of drug-likeness (QED) is 0.756. The summed E-state index contributed by atoms with van der Waals surface area (Å²) < 4.78 is 53.7. The number of hydrogen-bond donors (Lipinski definition) is 1. The largest absolute Gasteiger partial charge is 0.497 e. The van der Waals surface area contributed by atoms with Crippen LogP contribution in [0, 0.1) is 0 Å². The number of nitrogens with one attached hydrogen (secondary N) is 1. The van der Waals surface area contributed by atoms with Crippen molar-refractivity contribution in [1.82, 2.24) is 5.32 Å². The van der Waals surface area contributed by atoms with Gasteiger partial charge in [-0.3, -0.25) is 4.79 Å². The third-order valence-corrected chi connectivity index (χ3v) is 3.50. The van der Waals surface area contributed by atoms with Crippen molar-refractivity contribution in [2.24, 2.45) is 0 Å². The van der Waals surface area contributed by atoms with Crippen LogP contribution in [0.1, 0.15) is 12.5 Å². The fourth-order valence-corrected chi connectivity index (χ4v) is 2.16. The summed E-state index contributed by atoms with van der Waals surface area (Å²) in [6.07, 6.45) is -4.46. The zero-order valence-corrected chi connectivity index (χ0v) is 14.9. The lowest BCUT2D eigenvalue weighted by molar-refractivity contribution is -0.137. The van der Waals surface area contributed by atoms with Crippen molar-refractivity contribution in [3.8, 4) is 17.2 Å². The van der Waals surface area contributed by atoms with Crippen LogP contribution in [0.2, 0.25) is 0 Å². The molecular formula is C19H20F3NO4. The zero-order chi connectivity index (χ0) is 19.9. The first kappa shape index (κ1) is 20.4. The average Bonchev–Trinajstić information content (AvgIpc) is 2.64. The second-order valence-corrected chi connectivity index (χ2v) is 5.77. The zero-order valence-electron chi connectivity index (χ0n) is 14.9. The van der Waals surface area contributed by atoms with Crippen LogP contribution in [0.15, 0.2) is 48.5 Å². The highest BCUT2D eigenvalue weighted by Gasteiger charge is 2.30. The maximum Gasteiger partial charge on any atom is 0.416 e. The van der Waals surface area contributed by atoms with E-state index in [1.807, 2.05) is 0 Å². The topological polar surface area (TPSA) is 56.8 Å². The van der Waals surface area contributed by atoms with Gasteiger partial charge in [-0.25, -0.2) is 0 Å². The van der Waals surface area contributed by atoms with Gasteiger partial charge in [-0.15, -0.1) is 0 Å². The van der Waals surface area contributed by atoms with E-state index in [0.29, 0.717) is 11.5 Å². The van der Waals surface area contributed by atoms with Gasteiger partial charge in [0.15, 0.2) is 6.61 Å². The molecule has 1 amide bonds. The standard InChI is InChI=1S/C19H20F3NO4/c1-13(11-26-16-8-6-15(25-2)7-9-16)23-18(24)12-27-17-5-3-4-14(10-17)19(20,21)22/h3-10,13H,11-12H2,1-2H3,(H,23,24). The first-order valence-electron chi connectivity index (χ1n) is 8.14. The van der Waals surface area contributed by atoms with Crippen LogP contribution in [0.25, 0.3) is 0 Å². The Kier molecular flexibility index (Phi) is 6.92. The average molecular weight is 383 g/mol. The SMILES string of the molecule is COc1ccc(OCC(C)NC(=O)COc2cccc(C(F)(F)F)c2)cc1. The van der Waals surface area contributed by atoms with Crippen LogP contribution < -0.4 is 19.5 Å². The highest BCUT2D eigenvalue weighted by atomic mass is 19.4. The number of alkyl halides is 3. The second-order valence-electron chi connectivity index (χ2n) is 5.77. The van der Waals surface area contributed by atoms with Crippen LogP contribution in [0.3, 0.4) is 0 Å². The fraction of sp³-hybridized carbons (Fsp3) is 0.316. The molecule has 0 radical (unpaired) electrons. The summed E-state index contributed by atoms with van der Waals surface area (Å²) >= 11 is 0. The minimum atomic E-state index is -4.46. The van der Waals surface area contributed by atoms with E-state index in [1.54, 1.807) is 38.3 Å². The highest BCUT2D eigenvalue weighted by Crippen LogP contribution is 2.31. The van der Waals surface area contributed by atoms with Gasteiger partial charge in [0.05, 0.1) is 18.7 Å². The van der Waals surface area contributed by atoms with Gasteiger partial charge in [0.1, 0.15) is 23.9 Å². The molecule has 2 rings (SSSR count). The Bertz CT molecular complexity index is 747. The summed E-state index contributed by atoms with van der Waals surface area (Å²) in [6, 6.07) is 11.0. The second kappa shape index (κ2) is 9.16. The number of carbonyl (C=O) groups excluding carboxylic acids is 1. The van der Waals surface area contributed by atoms with Gasteiger partial charge < -0.3 is 19.5 Å². The van der Waals surface area contributed by atoms with Crippen molar-refractivity contribution in [1.29, 1.82) is 0 Å². The number of hydrogen-bond acceptors (Lipinski definition) is 4. The van der Waals surface area contributed by atoms with Gasteiger partial charge in [-0.1, -0.05) is 6.07 Å². The number of carbonyl (C=O) groups is 1. The summed E-state index contributed by atoms with van der Waals surface area (Å²) in [6.45, 7) is 1.57. The molecule has 0 aliphatic carbocycles. The van der Waals surface area contributed by atoms with Gasteiger partial charge in [-0.2, -0.15) is 13.2 Å². The molecule has 1 N–H and O–H groups in total. The summed E-state index contributed by atoms with van der Waals surface area (Å²) in [5.41, 5.74) is -0.832. The summed E-state index contributed by atoms with van der Waals surface area (Å²) in [5.74, 6) is 0.841. The minimum Gasteiger partial charge on any atom is -0.497 e. The van der Waals surface area contributed by atoms with E-state index in [0.717, 1.165) is 12.1 Å². The number of methoxy groups -OCH3 is 1. The molecule has 0 saturated carbocycles. The molecule has 2 aromatic carbocycles. The Balaban J connectivity index is 1.76. The maximum absolute atomic E-state index is 12.7. The Hall–Kier alpha value is -2.90. The maximum atomic E-state index is 12.7. The predicted octanol–water partition coefficient (Wildman–Crippen LogP) is 3.68. The fourth-order valence-electron chi connectivity index (χ4n) is 2.16. The molecule has 0 fully saturated rings. The van der Waals surface area contributed by atoms with Crippen molar-refractivity contribution in [2.75, 3.05) is 20.3 Å². The number of benzene rings is 2. The van der Waals surface area contributed by atoms with Gasteiger partial charge in [0, 0.05) is 0 Å². The van der Waals surface area contributed by atoms with E-state index in [-0.39, 0.29) is 18.4 Å². The molecule has 146 valence electrons. The number of ether oxygens (including phenoxy) is 3. The molecule has 0 saturated heterocycles. The van der Waals surface area contributed by atoms with Crippen LogP contribution >= 0.6 is 0 Å². The van der Waals surface area contributed by atoms with Crippen molar-refractivity contribution >= 4 is 5.91 Å². The van der Waals surface area contributed by atoms with Gasteiger partial charge in [0.2, 0.25) is 0 Å². The molecule has 5 nitrogen and oxygen atoms in total. The van der Waals surface area contributed by atoms with Crippen LogP contribution in [0.4, 0.5) is 13.2 Å². The lowest BCUT2D eigenvalue weighted by atomic mass is 10.2. The van der Waals surface area contributed by atoms with E-state index >= 15 is 0 Å². The van der Waals surface area contributed by atoms with Crippen LogP contribution in [-0.2, 0) is 11.0 Å². The van der Waals surface area contributed by atoms with Crippen molar-refractivity contribution in [2.45, 2.75) is 19.1 Å². The molecule has 2 aromatic rings. The first-order chi connectivity index (χ1) is 12.8. The van der Waals surface area contributed by atoms with Gasteiger partial charge in [-0.05, 0) is 49.4 Å². The van der Waals surface area contributed by atoms with Crippen LogP contribution in [-0.4, -0.2) is 32.3 Å². The molecular weight excluding hydrogens is 363 g/mol. The highest BCUT2D eigenvalue weighted by molar-refractivity contribution is 5.77. The number of rotatable bonds is 8. The van der Waals surface area contributed by atoms with Crippen molar-refractivity contribution in [3.05, 3.63) is 54.1 Å². The third kappa shape index (κ3) is 6.73. The normalized spacial score (nSPS) is 12.2. The van der Waals surface area contributed by atoms with Crippen molar-refractivity contribution in [3.63, 3.8) is 0 Å². The Labute approximate surface area is 155 Å². The van der Waals surface area contributed by atoms with Gasteiger partial charge in [0.25, 0.3) is 5.91 Å². The monoisotopic (exact) mass is 383 g/mol. The summed E-state index contributed by atoms with van der Waals surface area (Å²) in [5, 5.41) is 2.65. The summed E-state index contributed by atoms with van der Waals surface area (Å²) in [7, 11) is 1.56. The number of halogens is 3. The van der Waals surface area contributed by atoms with E-state index < -0.39 is 24.3 Å². The molecule has 0 aliphatic rings. The molecule has 0 spiro atoms. The Morgan fingerprint density at radius 1 is 1.04 bits per heavy atom. The third-order valence-electron chi connectivity index (χ3n) is 3.50. The summed E-state index contributed by atoms with van der Waals surface area (Å²) in [4.78, 5) is 11.9. The first-order valence-corrected chi connectivity index (χ1v) is 8.14. The predicted molar refractivity (Wildman–Crippen MR) is 93.0 cm³/mol. The molecule has 1 unspecified atom stereocenters. The van der Waals surface area contributed by atoms with E-state index in [4.69, 9.17) is 14.2 Å². The van der Waals surface area contributed by atoms with Crippen molar-refractivity contribution < 1.29 is 32.2 Å². The smallest absolute Gasteiger partial charge is 0.416 e. The van der Waals surface area contributed by atoms with Gasteiger partial charge >= 0.3 is 6.18 Å². The van der Waals surface area contributed by atoms with E-state index in [9.17, 15) is 18.0 Å². The molecule has 0 aliphatic heterocycles. The molecule has 0 aromatic heterocycles. The van der Waals surface area contributed by atoms with E-state index in [2.05, 4.69) is 5.32 Å². The Morgan fingerprint density at radius 3 is 2.33 bits per heavy atom. The molecule has 27 heavy (non-hydrogen) atoms. The molecule has 1 atom stereocenters. The number of amides is 1. The molecule has 0 heterocycles. The van der Waals surface area contributed by atoms with Crippen LogP contribution in [0.5, 0.6) is 17.2 Å². The van der Waals surface area contributed by atoms with E-state index in [1.165, 1.54) is 12.1 Å². The molecule has 0 bridgehead atoms. The molecule has 8 heteroatoms.